The second-order valence-electron chi connectivity index (χ2n) is 5.46. The Morgan fingerprint density at radius 1 is 1.45 bits per heavy atom. The third-order valence-electron chi connectivity index (χ3n) is 3.67. The van der Waals surface area contributed by atoms with E-state index in [1.54, 1.807) is 18.9 Å². The highest BCUT2D eigenvalue weighted by atomic mass is 35.5. The molecule has 22 heavy (non-hydrogen) atoms. The number of likely N-dealkylation sites (N-methyl/N-ethyl adjacent to an activating group) is 1. The molecule has 0 saturated carbocycles. The number of hydrogen-bond donors (Lipinski definition) is 0. The van der Waals surface area contributed by atoms with Crippen LogP contribution in [0.15, 0.2) is 28.1 Å². The Balaban J connectivity index is 0.00000176. The minimum atomic E-state index is 0. The molecule has 0 radical (unpaired) electrons. The zero-order valence-electron chi connectivity index (χ0n) is 12.9. The van der Waals surface area contributed by atoms with E-state index < -0.39 is 0 Å². The highest BCUT2D eigenvalue weighted by Gasteiger charge is 2.39. The van der Waals surface area contributed by atoms with E-state index in [4.69, 9.17) is 9.73 Å². The lowest BCUT2D eigenvalue weighted by atomic mass is 10.3. The van der Waals surface area contributed by atoms with Gasteiger partial charge in [0.05, 0.1) is 18.0 Å². The van der Waals surface area contributed by atoms with Crippen molar-refractivity contribution in [3.63, 3.8) is 0 Å². The number of hydrogen-bond acceptors (Lipinski definition) is 5. The summed E-state index contributed by atoms with van der Waals surface area (Å²) in [4.78, 5) is 22.0. The van der Waals surface area contributed by atoms with Crippen LogP contribution in [0.3, 0.4) is 0 Å². The van der Waals surface area contributed by atoms with E-state index in [-0.39, 0.29) is 23.6 Å². The van der Waals surface area contributed by atoms with Crippen LogP contribution in [0.25, 0.3) is 0 Å². The summed E-state index contributed by atoms with van der Waals surface area (Å²) in [6.07, 6.45) is 0.544. The first kappa shape index (κ1) is 17.1. The van der Waals surface area contributed by atoms with Crippen LogP contribution in [0, 0.1) is 0 Å². The number of carbonyl (C=O) groups is 1. The number of thioether (sulfide) groups is 1. The first-order chi connectivity index (χ1) is 10.1. The Hall–Kier alpha value is -1.24. The number of amidine groups is 1. The zero-order chi connectivity index (χ0) is 15.0. The van der Waals surface area contributed by atoms with Crippen LogP contribution in [0.4, 0.5) is 5.69 Å². The predicted octanol–water partition coefficient (Wildman–Crippen LogP) is 2.42. The number of halogens is 1. The zero-order valence-corrected chi connectivity index (χ0v) is 14.5. The van der Waals surface area contributed by atoms with Gasteiger partial charge in [-0.15, -0.1) is 24.2 Å². The lowest BCUT2D eigenvalue weighted by Crippen LogP contribution is -2.37. The molecule has 0 aromatic heterocycles. The maximum absolute atomic E-state index is 12.2. The molecule has 1 amide bonds. The predicted molar refractivity (Wildman–Crippen MR) is 91.9 cm³/mol. The van der Waals surface area contributed by atoms with Crippen molar-refractivity contribution in [1.29, 1.82) is 0 Å². The molecule has 5 nitrogen and oxygen atoms in total. The van der Waals surface area contributed by atoms with Crippen LogP contribution in [0.5, 0.6) is 5.75 Å². The molecule has 0 N–H and O–H groups in total. The molecule has 2 aliphatic rings. The minimum absolute atomic E-state index is 0. The molecule has 2 heterocycles. The van der Waals surface area contributed by atoms with Crippen molar-refractivity contribution in [2.75, 3.05) is 34.3 Å². The fraction of sp³-hybridized carbons (Fsp3) is 0.467. The maximum Gasteiger partial charge on any atom is 0.229 e. The van der Waals surface area contributed by atoms with E-state index in [1.807, 2.05) is 37.2 Å². The van der Waals surface area contributed by atoms with E-state index in [1.165, 1.54) is 0 Å². The average molecular weight is 342 g/mol. The standard InChI is InChI=1S/C15H19N3O2S.ClH/c1-17(2)6-7-18-14(19)9-13-15(18)16-11-8-10(20-3)4-5-12(11)21-13;/h4-5,8,13H,6-7,9H2,1-3H3;1H. The maximum atomic E-state index is 12.2. The van der Waals surface area contributed by atoms with E-state index in [0.29, 0.717) is 13.0 Å². The van der Waals surface area contributed by atoms with E-state index >= 15 is 0 Å². The van der Waals surface area contributed by atoms with E-state index in [9.17, 15) is 4.79 Å². The number of fused-ring (bicyclic) bond motifs is 2. The molecule has 2 aliphatic heterocycles. The third kappa shape index (κ3) is 3.24. The first-order valence-corrected chi connectivity index (χ1v) is 7.85. The normalized spacial score (nSPS) is 19.5. The summed E-state index contributed by atoms with van der Waals surface area (Å²) in [5.41, 5.74) is 0.898. The molecule has 1 aromatic carbocycles. The number of carbonyl (C=O) groups excluding carboxylic acids is 1. The molecule has 0 bridgehead atoms. The van der Waals surface area contributed by atoms with Gasteiger partial charge in [-0.05, 0) is 26.2 Å². The number of likely N-dealkylation sites (tertiary alicyclic amines) is 1. The second kappa shape index (κ2) is 6.89. The van der Waals surface area contributed by atoms with Crippen LogP contribution >= 0.6 is 24.2 Å². The average Bonchev–Trinajstić information content (AvgIpc) is 2.76. The Bertz CT molecular complexity index is 606. The van der Waals surface area contributed by atoms with Crippen molar-refractivity contribution in [3.8, 4) is 5.75 Å². The Morgan fingerprint density at radius 3 is 2.91 bits per heavy atom. The fourth-order valence-corrected chi connectivity index (χ4v) is 3.71. The van der Waals surface area contributed by atoms with Gasteiger partial charge in [0.25, 0.3) is 0 Å². The number of amides is 1. The lowest BCUT2D eigenvalue weighted by molar-refractivity contribution is -0.125. The first-order valence-electron chi connectivity index (χ1n) is 6.97. The van der Waals surface area contributed by atoms with Gasteiger partial charge in [0.15, 0.2) is 0 Å². The van der Waals surface area contributed by atoms with Crippen molar-refractivity contribution in [1.82, 2.24) is 9.80 Å². The lowest BCUT2D eigenvalue weighted by Gasteiger charge is -2.24. The Kier molecular flexibility index (Phi) is 5.36. The Labute approximate surface area is 141 Å². The summed E-state index contributed by atoms with van der Waals surface area (Å²) >= 11 is 1.73. The highest BCUT2D eigenvalue weighted by Crippen LogP contribution is 2.43. The smallest absolute Gasteiger partial charge is 0.229 e. The van der Waals surface area contributed by atoms with Crippen LogP contribution < -0.4 is 4.74 Å². The molecule has 7 heteroatoms. The van der Waals surface area contributed by atoms with Crippen molar-refractivity contribution in [2.24, 2.45) is 4.99 Å². The molecular weight excluding hydrogens is 322 g/mol. The summed E-state index contributed by atoms with van der Waals surface area (Å²) in [6, 6.07) is 5.89. The quantitative estimate of drug-likeness (QED) is 0.843. The summed E-state index contributed by atoms with van der Waals surface area (Å²) in [6.45, 7) is 1.54. The van der Waals surface area contributed by atoms with Crippen LogP contribution in [-0.4, -0.2) is 61.1 Å². The summed E-state index contributed by atoms with van der Waals surface area (Å²) < 4.78 is 5.25. The second-order valence-corrected chi connectivity index (χ2v) is 6.71. The van der Waals surface area contributed by atoms with Gasteiger partial charge in [-0.25, -0.2) is 4.99 Å². The number of rotatable bonds is 4. The topological polar surface area (TPSA) is 45.1 Å². The van der Waals surface area contributed by atoms with Gasteiger partial charge in [-0.2, -0.15) is 0 Å². The van der Waals surface area contributed by atoms with Gasteiger partial charge in [0, 0.05) is 30.5 Å². The minimum Gasteiger partial charge on any atom is -0.497 e. The monoisotopic (exact) mass is 341 g/mol. The Morgan fingerprint density at radius 2 is 2.23 bits per heavy atom. The largest absolute Gasteiger partial charge is 0.497 e. The molecule has 3 rings (SSSR count). The molecule has 1 fully saturated rings. The van der Waals surface area contributed by atoms with Crippen molar-refractivity contribution in [3.05, 3.63) is 18.2 Å². The molecular formula is C15H20ClN3O2S. The molecule has 120 valence electrons. The number of nitrogens with zero attached hydrogens (tertiary/aromatic N) is 3. The van der Waals surface area contributed by atoms with Crippen molar-refractivity contribution in [2.45, 2.75) is 16.6 Å². The molecule has 0 aliphatic carbocycles. The van der Waals surface area contributed by atoms with Gasteiger partial charge in [0.1, 0.15) is 11.6 Å². The van der Waals surface area contributed by atoms with Gasteiger partial charge in [-0.3, -0.25) is 9.69 Å². The summed E-state index contributed by atoms with van der Waals surface area (Å²) in [7, 11) is 5.67. The SMILES string of the molecule is COc1ccc2c(c1)N=C1C(CC(=O)N1CCN(C)C)S2.Cl. The number of benzene rings is 1. The fourth-order valence-electron chi connectivity index (χ4n) is 2.52. The van der Waals surface area contributed by atoms with E-state index in [0.717, 1.165) is 28.7 Å². The molecule has 1 atom stereocenters. The van der Waals surface area contributed by atoms with Gasteiger partial charge >= 0.3 is 0 Å². The van der Waals surface area contributed by atoms with Crippen LogP contribution in [-0.2, 0) is 4.79 Å². The molecule has 1 unspecified atom stereocenters. The van der Waals surface area contributed by atoms with Crippen molar-refractivity contribution < 1.29 is 9.53 Å². The van der Waals surface area contributed by atoms with Crippen molar-refractivity contribution >= 4 is 41.6 Å². The number of methoxy groups -OCH3 is 1. The van der Waals surface area contributed by atoms with Crippen LogP contribution in [0.1, 0.15) is 6.42 Å². The molecule has 1 aromatic rings. The number of aliphatic imine (C=N–C) groups is 1. The molecule has 1 saturated heterocycles. The summed E-state index contributed by atoms with van der Waals surface area (Å²) in [5.74, 6) is 1.86. The third-order valence-corrected chi connectivity index (χ3v) is 4.93. The van der Waals surface area contributed by atoms with Crippen LogP contribution in [0.2, 0.25) is 0 Å². The number of ether oxygens (including phenoxy) is 1. The molecule has 0 spiro atoms. The van der Waals surface area contributed by atoms with E-state index in [2.05, 4.69) is 4.90 Å². The van der Waals surface area contributed by atoms with Gasteiger partial charge in [-0.1, -0.05) is 0 Å². The summed E-state index contributed by atoms with van der Waals surface area (Å²) in [5, 5.41) is 0.153. The highest BCUT2D eigenvalue weighted by molar-refractivity contribution is 8.01. The van der Waals surface area contributed by atoms with Gasteiger partial charge < -0.3 is 9.64 Å². The van der Waals surface area contributed by atoms with Gasteiger partial charge in [0.2, 0.25) is 5.91 Å².